The van der Waals surface area contributed by atoms with Crippen molar-refractivity contribution >= 4 is 21.9 Å². The van der Waals surface area contributed by atoms with Crippen LogP contribution in [-0.4, -0.2) is 42.9 Å². The molecule has 1 unspecified atom stereocenters. The zero-order valence-corrected chi connectivity index (χ0v) is 12.3. The minimum atomic E-state index is -3.79. The van der Waals surface area contributed by atoms with Gasteiger partial charge in [-0.3, -0.25) is 9.10 Å². The van der Waals surface area contributed by atoms with Gasteiger partial charge in [0, 0.05) is 13.1 Å². The molecule has 7 heteroatoms. The third kappa shape index (κ3) is 2.64. The topological polar surface area (TPSA) is 77.9 Å². The number of carboxylic acids is 1. The molecule has 1 atom stereocenters. The van der Waals surface area contributed by atoms with Crippen LogP contribution in [-0.2, 0) is 15.0 Å². The van der Waals surface area contributed by atoms with E-state index in [0.29, 0.717) is 18.7 Å². The van der Waals surface area contributed by atoms with E-state index in [9.17, 15) is 13.2 Å². The third-order valence-electron chi connectivity index (χ3n) is 3.43. The van der Waals surface area contributed by atoms with Crippen LogP contribution in [0, 0.1) is 6.92 Å². The summed E-state index contributed by atoms with van der Waals surface area (Å²) in [7, 11) is -3.79. The minimum Gasteiger partial charge on any atom is -0.480 e. The maximum atomic E-state index is 12.5. The molecule has 0 saturated carbocycles. The lowest BCUT2D eigenvalue weighted by atomic mass is 10.2. The van der Waals surface area contributed by atoms with Gasteiger partial charge in [-0.1, -0.05) is 17.7 Å². The molecule has 2 rings (SSSR count). The molecule has 0 aromatic heterocycles. The summed E-state index contributed by atoms with van der Waals surface area (Å²) < 4.78 is 27.4. The van der Waals surface area contributed by atoms with Gasteiger partial charge in [0.05, 0.1) is 5.69 Å². The van der Waals surface area contributed by atoms with Crippen LogP contribution in [0.1, 0.15) is 18.9 Å². The van der Waals surface area contributed by atoms with Crippen molar-refractivity contribution in [1.82, 2.24) is 4.31 Å². The van der Waals surface area contributed by atoms with Gasteiger partial charge in [-0.05, 0) is 32.4 Å². The Morgan fingerprint density at radius 2 is 1.85 bits per heavy atom. The Labute approximate surface area is 118 Å². The van der Waals surface area contributed by atoms with Gasteiger partial charge in [-0.2, -0.15) is 12.7 Å². The largest absolute Gasteiger partial charge is 0.480 e. The first-order valence-corrected chi connectivity index (χ1v) is 7.82. The second kappa shape index (κ2) is 5.41. The number of aryl methyl sites for hydroxylation is 1. The fraction of sp³-hybridized carbons (Fsp3) is 0.462. The number of hydrogen-bond donors (Lipinski definition) is 1. The molecule has 1 aromatic carbocycles. The van der Waals surface area contributed by atoms with Crippen molar-refractivity contribution in [3.05, 3.63) is 29.8 Å². The predicted molar refractivity (Wildman–Crippen MR) is 75.9 cm³/mol. The number of benzene rings is 1. The zero-order chi connectivity index (χ0) is 14.9. The monoisotopic (exact) mass is 298 g/mol. The van der Waals surface area contributed by atoms with E-state index in [1.54, 1.807) is 12.1 Å². The molecule has 0 aliphatic carbocycles. The number of hydrogen-bond acceptors (Lipinski definition) is 3. The Morgan fingerprint density at radius 3 is 2.40 bits per heavy atom. The normalized spacial score (nSPS) is 20.6. The molecule has 1 aliphatic heterocycles. The van der Waals surface area contributed by atoms with Gasteiger partial charge in [-0.15, -0.1) is 0 Å². The number of nitrogens with zero attached hydrogens (tertiary/aromatic N) is 2. The van der Waals surface area contributed by atoms with E-state index in [1.165, 1.54) is 11.2 Å². The first-order valence-electron chi connectivity index (χ1n) is 6.43. The third-order valence-corrected chi connectivity index (χ3v) is 5.47. The van der Waals surface area contributed by atoms with E-state index in [2.05, 4.69) is 0 Å². The lowest BCUT2D eigenvalue weighted by Gasteiger charge is -2.37. The molecule has 20 heavy (non-hydrogen) atoms. The van der Waals surface area contributed by atoms with Gasteiger partial charge in [0.1, 0.15) is 6.04 Å². The highest BCUT2D eigenvalue weighted by Gasteiger charge is 2.39. The molecule has 0 amide bonds. The van der Waals surface area contributed by atoms with E-state index in [1.807, 2.05) is 19.1 Å². The van der Waals surface area contributed by atoms with Crippen molar-refractivity contribution in [2.45, 2.75) is 26.3 Å². The van der Waals surface area contributed by atoms with Crippen molar-refractivity contribution < 1.29 is 18.3 Å². The van der Waals surface area contributed by atoms with Crippen LogP contribution in [0.2, 0.25) is 0 Å². The first kappa shape index (κ1) is 14.8. The minimum absolute atomic E-state index is 0.234. The quantitative estimate of drug-likeness (QED) is 0.910. The molecule has 0 spiro atoms. The maximum Gasteiger partial charge on any atom is 0.321 e. The molecule has 6 nitrogen and oxygen atoms in total. The molecular formula is C13H18N2O4S. The molecule has 110 valence electrons. The summed E-state index contributed by atoms with van der Waals surface area (Å²) in [5, 5.41) is 9.04. The van der Waals surface area contributed by atoms with Gasteiger partial charge in [0.25, 0.3) is 0 Å². The predicted octanol–water partition coefficient (Wildman–Crippen LogP) is 1.23. The van der Waals surface area contributed by atoms with Gasteiger partial charge in [0.15, 0.2) is 0 Å². The maximum absolute atomic E-state index is 12.5. The fourth-order valence-corrected chi connectivity index (χ4v) is 4.07. The summed E-state index contributed by atoms with van der Waals surface area (Å²) in [6, 6.07) is 6.09. The van der Waals surface area contributed by atoms with Crippen LogP contribution in [0.5, 0.6) is 0 Å². The Kier molecular flexibility index (Phi) is 4.01. The van der Waals surface area contributed by atoms with Gasteiger partial charge >= 0.3 is 16.2 Å². The van der Waals surface area contributed by atoms with Crippen LogP contribution >= 0.6 is 0 Å². The first-order chi connectivity index (χ1) is 9.34. The summed E-state index contributed by atoms with van der Waals surface area (Å²) in [5.41, 5.74) is 1.61. The summed E-state index contributed by atoms with van der Waals surface area (Å²) in [4.78, 5) is 11.0. The highest BCUT2D eigenvalue weighted by Crippen LogP contribution is 2.26. The molecule has 1 heterocycles. The summed E-state index contributed by atoms with van der Waals surface area (Å²) >= 11 is 0. The van der Waals surface area contributed by atoms with Gasteiger partial charge in [-0.25, -0.2) is 0 Å². The van der Waals surface area contributed by atoms with E-state index in [-0.39, 0.29) is 6.54 Å². The molecule has 1 fully saturated rings. The van der Waals surface area contributed by atoms with Gasteiger partial charge < -0.3 is 5.11 Å². The van der Waals surface area contributed by atoms with Crippen LogP contribution in [0.3, 0.4) is 0 Å². The smallest absolute Gasteiger partial charge is 0.321 e. The molecule has 0 bridgehead atoms. The van der Waals surface area contributed by atoms with E-state index < -0.39 is 22.2 Å². The van der Waals surface area contributed by atoms with Gasteiger partial charge in [0.2, 0.25) is 0 Å². The molecular weight excluding hydrogens is 280 g/mol. The van der Waals surface area contributed by atoms with E-state index in [0.717, 1.165) is 9.87 Å². The standard InChI is InChI=1S/C13H18N2O4S/c1-10-4-6-12(7-5-10)15-9-3-8-14(20(15,18)19)11(2)13(16)17/h4-7,11H,3,8-9H2,1-2H3,(H,16,17). The number of rotatable bonds is 3. The van der Waals surface area contributed by atoms with Crippen molar-refractivity contribution in [3.8, 4) is 0 Å². The average Bonchev–Trinajstić information content (AvgIpc) is 2.38. The molecule has 1 N–H and O–H groups in total. The average molecular weight is 298 g/mol. The van der Waals surface area contributed by atoms with Crippen molar-refractivity contribution in [3.63, 3.8) is 0 Å². The molecule has 0 radical (unpaired) electrons. The van der Waals surface area contributed by atoms with Crippen LogP contribution in [0.25, 0.3) is 0 Å². The second-order valence-corrected chi connectivity index (χ2v) is 6.70. The Bertz CT molecular complexity index is 597. The van der Waals surface area contributed by atoms with E-state index >= 15 is 0 Å². The Balaban J connectivity index is 2.35. The van der Waals surface area contributed by atoms with Crippen LogP contribution in [0.15, 0.2) is 24.3 Å². The lowest BCUT2D eigenvalue weighted by molar-refractivity contribution is -0.140. The number of anilines is 1. The molecule has 1 aliphatic rings. The number of carbonyl (C=O) groups is 1. The second-order valence-electron chi connectivity index (χ2n) is 4.89. The molecule has 1 saturated heterocycles. The van der Waals surface area contributed by atoms with Crippen LogP contribution < -0.4 is 4.31 Å². The number of aliphatic carboxylic acids is 1. The highest BCUT2D eigenvalue weighted by atomic mass is 32.2. The van der Waals surface area contributed by atoms with Crippen molar-refractivity contribution in [1.29, 1.82) is 0 Å². The van der Waals surface area contributed by atoms with Crippen LogP contribution in [0.4, 0.5) is 5.69 Å². The fourth-order valence-electron chi connectivity index (χ4n) is 2.22. The van der Waals surface area contributed by atoms with E-state index in [4.69, 9.17) is 5.11 Å². The Hall–Kier alpha value is -1.60. The summed E-state index contributed by atoms with van der Waals surface area (Å²) in [5.74, 6) is -1.14. The lowest BCUT2D eigenvalue weighted by Crippen LogP contribution is -2.55. The summed E-state index contributed by atoms with van der Waals surface area (Å²) in [6.07, 6.45) is 0.602. The van der Waals surface area contributed by atoms with Crippen molar-refractivity contribution in [2.75, 3.05) is 17.4 Å². The Morgan fingerprint density at radius 1 is 1.25 bits per heavy atom. The zero-order valence-electron chi connectivity index (χ0n) is 11.5. The molecule has 1 aromatic rings. The highest BCUT2D eigenvalue weighted by molar-refractivity contribution is 7.90. The SMILES string of the molecule is Cc1ccc(N2CCCN(C(C)C(=O)O)S2(=O)=O)cc1. The number of carboxylic acid groups (broad SMARTS) is 1. The summed E-state index contributed by atoms with van der Waals surface area (Å²) in [6.45, 7) is 3.91. The van der Waals surface area contributed by atoms with Crippen molar-refractivity contribution in [2.24, 2.45) is 0 Å².